The van der Waals surface area contributed by atoms with Crippen molar-refractivity contribution < 1.29 is 27.4 Å². The van der Waals surface area contributed by atoms with Gasteiger partial charge >= 0.3 is 12.1 Å². The Kier molecular flexibility index (Phi) is 6.79. The van der Waals surface area contributed by atoms with Crippen molar-refractivity contribution in [2.24, 2.45) is 0 Å². The van der Waals surface area contributed by atoms with Gasteiger partial charge in [-0.1, -0.05) is 24.3 Å². The smallest absolute Gasteiger partial charge is 0.422 e. The Balaban J connectivity index is 1.94. The lowest BCUT2D eigenvalue weighted by Crippen LogP contribution is -2.29. The Morgan fingerprint density at radius 2 is 1.87 bits per heavy atom. The van der Waals surface area contributed by atoms with Gasteiger partial charge < -0.3 is 19.7 Å². The molecule has 1 N–H and O–H groups in total. The molecule has 0 fully saturated rings. The fraction of sp³-hybridized carbons (Fsp3) is 0.400. The highest BCUT2D eigenvalue weighted by Gasteiger charge is 2.31. The van der Waals surface area contributed by atoms with Crippen LogP contribution in [0.5, 0.6) is 5.88 Å². The van der Waals surface area contributed by atoms with E-state index in [2.05, 4.69) is 20.0 Å². The fourth-order valence-corrected chi connectivity index (χ4v) is 3.19. The van der Waals surface area contributed by atoms with Gasteiger partial charge in [-0.3, -0.25) is 4.79 Å². The second kappa shape index (κ2) is 9.51. The molecule has 11 heteroatoms. The number of nitrogens with zero attached hydrogens (tertiary/aromatic N) is 4. The second-order valence-corrected chi connectivity index (χ2v) is 6.75. The molecule has 0 saturated carbocycles. The summed E-state index contributed by atoms with van der Waals surface area (Å²) in [5, 5.41) is 12.2. The first-order chi connectivity index (χ1) is 14.8. The Labute approximate surface area is 176 Å². The summed E-state index contributed by atoms with van der Waals surface area (Å²) < 4.78 is 47.4. The molecular weight excluding hydrogens is 415 g/mol. The van der Waals surface area contributed by atoms with E-state index in [9.17, 15) is 23.2 Å². The number of rotatable bonds is 6. The molecule has 0 spiro atoms. The molecule has 0 atom stereocenters. The molecule has 2 aromatic rings. The molecule has 0 amide bonds. The van der Waals surface area contributed by atoms with Crippen molar-refractivity contribution in [2.75, 3.05) is 43.6 Å². The number of nitrogens with one attached hydrogen (secondary N) is 1. The topological polar surface area (TPSA) is 100 Å². The van der Waals surface area contributed by atoms with Crippen LogP contribution in [-0.2, 0) is 22.4 Å². The number of alkyl halides is 3. The minimum absolute atomic E-state index is 0.140. The molecule has 0 unspecified atom stereocenters. The van der Waals surface area contributed by atoms with Gasteiger partial charge in [0.25, 0.3) is 0 Å². The van der Waals surface area contributed by atoms with Crippen molar-refractivity contribution in [3.8, 4) is 11.9 Å². The first-order valence-corrected chi connectivity index (χ1v) is 9.45. The fourth-order valence-electron chi connectivity index (χ4n) is 3.19. The maximum Gasteiger partial charge on any atom is 0.422 e. The highest BCUT2D eigenvalue weighted by atomic mass is 19.4. The van der Waals surface area contributed by atoms with Gasteiger partial charge in [0.2, 0.25) is 11.8 Å². The van der Waals surface area contributed by atoms with Crippen LogP contribution in [0.25, 0.3) is 0 Å². The van der Waals surface area contributed by atoms with Crippen molar-refractivity contribution >= 4 is 17.7 Å². The SMILES string of the molecule is COC(=O)CNc1nc(OCC(F)(F)F)c(C#N)c(N2CCc3ccccc3CC2)n1. The minimum Gasteiger partial charge on any atom is -0.468 e. The van der Waals surface area contributed by atoms with Gasteiger partial charge in [0, 0.05) is 13.1 Å². The van der Waals surface area contributed by atoms with Crippen molar-refractivity contribution in [3.63, 3.8) is 0 Å². The van der Waals surface area contributed by atoms with E-state index in [4.69, 9.17) is 4.74 Å². The third-order valence-corrected chi connectivity index (χ3v) is 4.68. The number of benzene rings is 1. The largest absolute Gasteiger partial charge is 0.468 e. The lowest BCUT2D eigenvalue weighted by molar-refractivity contribution is -0.154. The number of fused-ring (bicyclic) bond motifs is 1. The summed E-state index contributed by atoms with van der Waals surface area (Å²) in [4.78, 5) is 21.4. The molecule has 1 aromatic carbocycles. The van der Waals surface area contributed by atoms with Gasteiger partial charge in [0.15, 0.2) is 18.0 Å². The third-order valence-electron chi connectivity index (χ3n) is 4.68. The number of methoxy groups -OCH3 is 1. The Morgan fingerprint density at radius 3 is 2.42 bits per heavy atom. The van der Waals surface area contributed by atoms with Crippen molar-refractivity contribution in [3.05, 3.63) is 41.0 Å². The van der Waals surface area contributed by atoms with Crippen LogP contribution in [0.3, 0.4) is 0 Å². The second-order valence-electron chi connectivity index (χ2n) is 6.75. The van der Waals surface area contributed by atoms with Gasteiger partial charge in [-0.25, -0.2) is 0 Å². The van der Waals surface area contributed by atoms with Crippen molar-refractivity contribution in [2.45, 2.75) is 19.0 Å². The Morgan fingerprint density at radius 1 is 1.23 bits per heavy atom. The number of hydrogen-bond acceptors (Lipinski definition) is 8. The molecule has 164 valence electrons. The van der Waals surface area contributed by atoms with Crippen molar-refractivity contribution in [1.82, 2.24) is 9.97 Å². The number of esters is 1. The van der Waals surface area contributed by atoms with E-state index in [1.807, 2.05) is 35.2 Å². The molecule has 2 heterocycles. The summed E-state index contributed by atoms with van der Waals surface area (Å²) in [6, 6.07) is 9.79. The number of anilines is 2. The van der Waals surface area contributed by atoms with E-state index in [1.165, 1.54) is 7.11 Å². The molecule has 1 aromatic heterocycles. The lowest BCUT2D eigenvalue weighted by atomic mass is 10.0. The zero-order chi connectivity index (χ0) is 22.4. The molecule has 0 bridgehead atoms. The number of nitriles is 1. The summed E-state index contributed by atoms with van der Waals surface area (Å²) in [5.74, 6) is -1.11. The van der Waals surface area contributed by atoms with E-state index in [0.29, 0.717) is 25.9 Å². The minimum atomic E-state index is -4.61. The quantitative estimate of drug-likeness (QED) is 0.691. The van der Waals surface area contributed by atoms with Crippen LogP contribution in [0, 0.1) is 11.3 Å². The number of carbonyl (C=O) groups is 1. The van der Waals surface area contributed by atoms with E-state index in [-0.39, 0.29) is 23.9 Å². The molecule has 31 heavy (non-hydrogen) atoms. The maximum atomic E-state index is 12.7. The van der Waals surface area contributed by atoms with Gasteiger partial charge in [0.1, 0.15) is 12.6 Å². The van der Waals surface area contributed by atoms with Gasteiger partial charge in [0.05, 0.1) is 7.11 Å². The summed E-state index contributed by atoms with van der Waals surface area (Å²) in [6.45, 7) is -0.915. The van der Waals surface area contributed by atoms with Crippen LogP contribution in [0.1, 0.15) is 16.7 Å². The van der Waals surface area contributed by atoms with E-state index in [1.54, 1.807) is 0 Å². The van der Waals surface area contributed by atoms with Gasteiger partial charge in [-0.2, -0.15) is 28.4 Å². The summed E-state index contributed by atoms with van der Waals surface area (Å²) in [5.41, 5.74) is 2.13. The highest BCUT2D eigenvalue weighted by molar-refractivity contribution is 5.74. The third kappa shape index (κ3) is 5.75. The maximum absolute atomic E-state index is 12.7. The average Bonchev–Trinajstić information content (AvgIpc) is 2.97. The average molecular weight is 435 g/mol. The summed E-state index contributed by atoms with van der Waals surface area (Å²) in [6.07, 6.45) is -3.26. The number of ether oxygens (including phenoxy) is 2. The molecule has 1 aliphatic heterocycles. The zero-order valence-electron chi connectivity index (χ0n) is 16.7. The molecule has 3 rings (SSSR count). The predicted molar refractivity (Wildman–Crippen MR) is 105 cm³/mol. The molecule has 1 aliphatic rings. The van der Waals surface area contributed by atoms with Crippen LogP contribution in [0.15, 0.2) is 24.3 Å². The first kappa shape index (κ1) is 22.1. The normalized spacial score (nSPS) is 13.6. The number of carbonyl (C=O) groups excluding carboxylic acids is 1. The van der Waals surface area contributed by atoms with Crippen LogP contribution in [0.2, 0.25) is 0 Å². The van der Waals surface area contributed by atoms with Crippen molar-refractivity contribution in [1.29, 1.82) is 5.26 Å². The van der Waals surface area contributed by atoms with Crippen LogP contribution in [-0.4, -0.2) is 55.5 Å². The number of aromatic nitrogens is 2. The summed E-state index contributed by atoms with van der Waals surface area (Å²) >= 11 is 0. The van der Waals surface area contributed by atoms with Gasteiger partial charge in [-0.05, 0) is 24.0 Å². The lowest BCUT2D eigenvalue weighted by Gasteiger charge is -2.24. The monoisotopic (exact) mass is 435 g/mol. The predicted octanol–water partition coefficient (Wildman–Crippen LogP) is 2.48. The van der Waals surface area contributed by atoms with Crippen LogP contribution < -0.4 is 15.0 Å². The van der Waals surface area contributed by atoms with Gasteiger partial charge in [-0.15, -0.1) is 0 Å². The Bertz CT molecular complexity index is 964. The molecule has 8 nitrogen and oxygen atoms in total. The van der Waals surface area contributed by atoms with Crippen LogP contribution in [0.4, 0.5) is 24.9 Å². The first-order valence-electron chi connectivity index (χ1n) is 9.45. The zero-order valence-corrected chi connectivity index (χ0v) is 16.7. The standard InChI is InChI=1S/C20H20F3N5O3/c1-30-16(29)11-25-19-26-17(15(10-24)18(27-19)31-12-20(21,22)23)28-8-6-13-4-2-3-5-14(13)7-9-28/h2-5H,6-9,11-12H2,1H3,(H,25,26,27). The highest BCUT2D eigenvalue weighted by Crippen LogP contribution is 2.30. The number of halogens is 3. The Hall–Kier alpha value is -3.55. The number of hydrogen-bond donors (Lipinski definition) is 1. The van der Waals surface area contributed by atoms with Crippen LogP contribution >= 0.6 is 0 Å². The summed E-state index contributed by atoms with van der Waals surface area (Å²) in [7, 11) is 1.20. The molecule has 0 aliphatic carbocycles. The van der Waals surface area contributed by atoms with E-state index in [0.717, 1.165) is 11.1 Å². The molecule has 0 radical (unpaired) electrons. The van der Waals surface area contributed by atoms with E-state index < -0.39 is 24.6 Å². The van der Waals surface area contributed by atoms with E-state index >= 15 is 0 Å². The molecule has 0 saturated heterocycles. The molecular formula is C20H20F3N5O3.